The molecule has 0 aliphatic carbocycles. The lowest BCUT2D eigenvalue weighted by molar-refractivity contribution is -0.159. The number of carbonyl (C=O) groups is 1. The van der Waals surface area contributed by atoms with Crippen LogP contribution in [0.15, 0.2) is 0 Å². The van der Waals surface area contributed by atoms with Gasteiger partial charge >= 0.3 is 6.18 Å². The van der Waals surface area contributed by atoms with Crippen LogP contribution in [0.25, 0.3) is 0 Å². The number of ketones is 1. The summed E-state index contributed by atoms with van der Waals surface area (Å²) in [4.78, 5) is 11.7. The van der Waals surface area contributed by atoms with Gasteiger partial charge in [-0.15, -0.1) is 0 Å². The summed E-state index contributed by atoms with van der Waals surface area (Å²) >= 11 is 0. The lowest BCUT2D eigenvalue weighted by Crippen LogP contribution is -2.49. The smallest absolute Gasteiger partial charge is 0.299 e. The monoisotopic (exact) mass is 301 g/mol. The van der Waals surface area contributed by atoms with Crippen LogP contribution in [0, 0.1) is 5.41 Å². The van der Waals surface area contributed by atoms with Crippen LogP contribution in [-0.2, 0) is 15.8 Å². The summed E-state index contributed by atoms with van der Waals surface area (Å²) in [6.07, 6.45) is -5.32. The number of hydrogen-bond donors (Lipinski definition) is 1. The van der Waals surface area contributed by atoms with E-state index in [0.717, 1.165) is 0 Å². The van der Waals surface area contributed by atoms with E-state index in [9.17, 15) is 22.2 Å². The minimum atomic E-state index is -4.61. The standard InChI is InChI=1S/C12H22F3NO2S/c1-10(2,3)9(17)7-8(12(13,14)15)16-19(18)11(4,5)6/h8,16H,7H2,1-6H3/t8-,19-/m0/s1. The molecule has 0 aliphatic heterocycles. The minimum absolute atomic E-state index is 0.520. The zero-order chi connectivity index (χ0) is 15.6. The second-order valence-corrected chi connectivity index (χ2v) is 8.47. The van der Waals surface area contributed by atoms with Gasteiger partial charge < -0.3 is 0 Å². The normalized spacial score (nSPS) is 17.1. The third kappa shape index (κ3) is 6.51. The first-order valence-electron chi connectivity index (χ1n) is 5.94. The van der Waals surface area contributed by atoms with Crippen molar-refractivity contribution in [3.05, 3.63) is 0 Å². The van der Waals surface area contributed by atoms with Gasteiger partial charge in [-0.05, 0) is 20.8 Å². The molecular weight excluding hydrogens is 279 g/mol. The molecule has 0 aromatic heterocycles. The van der Waals surface area contributed by atoms with Crippen LogP contribution in [0.3, 0.4) is 0 Å². The van der Waals surface area contributed by atoms with Crippen molar-refractivity contribution in [2.45, 2.75) is 64.9 Å². The molecule has 0 unspecified atom stereocenters. The summed E-state index contributed by atoms with van der Waals surface area (Å²) < 4.78 is 51.5. The quantitative estimate of drug-likeness (QED) is 0.867. The summed E-state index contributed by atoms with van der Waals surface area (Å²) in [6, 6.07) is -2.08. The molecular formula is C12H22F3NO2S. The molecule has 19 heavy (non-hydrogen) atoms. The Morgan fingerprint density at radius 3 is 1.79 bits per heavy atom. The van der Waals surface area contributed by atoms with E-state index in [2.05, 4.69) is 0 Å². The number of halogens is 3. The first-order valence-corrected chi connectivity index (χ1v) is 7.08. The van der Waals surface area contributed by atoms with E-state index in [0.29, 0.717) is 0 Å². The summed E-state index contributed by atoms with van der Waals surface area (Å²) in [6.45, 7) is 9.37. The molecule has 0 aromatic rings. The predicted molar refractivity (Wildman–Crippen MR) is 70.0 cm³/mol. The second-order valence-electron chi connectivity index (χ2n) is 6.47. The Bertz CT molecular complexity index is 325. The number of carbonyl (C=O) groups excluding carboxylic acids is 1. The van der Waals surface area contributed by atoms with Gasteiger partial charge in [0.1, 0.15) is 11.8 Å². The maximum atomic E-state index is 12.9. The summed E-state index contributed by atoms with van der Waals surface area (Å²) in [5.74, 6) is -0.520. The molecule has 0 spiro atoms. The van der Waals surface area contributed by atoms with Crippen molar-refractivity contribution in [2.75, 3.05) is 0 Å². The largest absolute Gasteiger partial charge is 0.405 e. The van der Waals surface area contributed by atoms with Crippen molar-refractivity contribution in [1.82, 2.24) is 4.72 Å². The highest BCUT2D eigenvalue weighted by atomic mass is 32.2. The SMILES string of the molecule is CC(C)(C)C(=O)C[C@H](N[S@@](=O)C(C)(C)C)C(F)(F)F. The van der Waals surface area contributed by atoms with Crippen LogP contribution in [-0.4, -0.2) is 27.0 Å². The molecule has 3 nitrogen and oxygen atoms in total. The van der Waals surface area contributed by atoms with Crippen molar-refractivity contribution in [3.8, 4) is 0 Å². The van der Waals surface area contributed by atoms with Crippen LogP contribution < -0.4 is 4.72 Å². The lowest BCUT2D eigenvalue weighted by Gasteiger charge is -2.27. The highest BCUT2D eigenvalue weighted by molar-refractivity contribution is 7.84. The maximum absolute atomic E-state index is 12.9. The fourth-order valence-electron chi connectivity index (χ4n) is 1.02. The predicted octanol–water partition coefficient (Wildman–Crippen LogP) is 2.97. The first kappa shape index (κ1) is 18.6. The van der Waals surface area contributed by atoms with Gasteiger partial charge in [0.2, 0.25) is 0 Å². The Labute approximate surface area is 114 Å². The molecule has 7 heteroatoms. The molecule has 0 amide bonds. The Kier molecular flexibility index (Phi) is 5.78. The fraction of sp³-hybridized carbons (Fsp3) is 0.917. The van der Waals surface area contributed by atoms with Gasteiger partial charge in [0.05, 0.1) is 15.7 Å². The van der Waals surface area contributed by atoms with Crippen LogP contribution >= 0.6 is 0 Å². The number of Topliss-reactive ketones (excluding diaryl/α,β-unsaturated/α-hetero) is 1. The van der Waals surface area contributed by atoms with E-state index in [-0.39, 0.29) is 0 Å². The second kappa shape index (κ2) is 5.91. The molecule has 0 saturated heterocycles. The van der Waals surface area contributed by atoms with Crippen molar-refractivity contribution in [3.63, 3.8) is 0 Å². The van der Waals surface area contributed by atoms with Crippen molar-refractivity contribution in [1.29, 1.82) is 0 Å². The Balaban J connectivity index is 4.98. The number of rotatable bonds is 4. The van der Waals surface area contributed by atoms with Crippen LogP contribution in [0.5, 0.6) is 0 Å². The Morgan fingerprint density at radius 2 is 1.53 bits per heavy atom. The number of hydrogen-bond acceptors (Lipinski definition) is 2. The van der Waals surface area contributed by atoms with Gasteiger partial charge in [-0.25, -0.2) is 8.93 Å². The zero-order valence-corrected chi connectivity index (χ0v) is 13.0. The van der Waals surface area contributed by atoms with Crippen molar-refractivity contribution in [2.24, 2.45) is 5.41 Å². The number of nitrogens with one attached hydrogen (secondary N) is 1. The molecule has 0 aliphatic rings. The van der Waals surface area contributed by atoms with E-state index in [1.54, 1.807) is 41.5 Å². The average Bonchev–Trinajstić information content (AvgIpc) is 2.11. The van der Waals surface area contributed by atoms with E-state index in [1.807, 2.05) is 4.72 Å². The van der Waals surface area contributed by atoms with Crippen LogP contribution in [0.4, 0.5) is 13.2 Å². The van der Waals surface area contributed by atoms with Crippen LogP contribution in [0.2, 0.25) is 0 Å². The molecule has 2 atom stereocenters. The van der Waals surface area contributed by atoms with Crippen molar-refractivity contribution >= 4 is 16.8 Å². The molecule has 0 heterocycles. The molecule has 1 N–H and O–H groups in total. The molecule has 0 rings (SSSR count). The molecule has 114 valence electrons. The van der Waals surface area contributed by atoms with Crippen LogP contribution in [0.1, 0.15) is 48.0 Å². The fourth-order valence-corrected chi connectivity index (χ4v) is 1.85. The Morgan fingerprint density at radius 1 is 1.11 bits per heavy atom. The average molecular weight is 301 g/mol. The van der Waals surface area contributed by atoms with Gasteiger partial charge in [0.25, 0.3) is 0 Å². The molecule has 0 radical (unpaired) electrons. The van der Waals surface area contributed by atoms with E-state index >= 15 is 0 Å². The highest BCUT2D eigenvalue weighted by Crippen LogP contribution is 2.27. The van der Waals surface area contributed by atoms with Gasteiger partial charge in [0, 0.05) is 11.8 Å². The van der Waals surface area contributed by atoms with Gasteiger partial charge in [0.15, 0.2) is 0 Å². The maximum Gasteiger partial charge on any atom is 0.405 e. The van der Waals surface area contributed by atoms with E-state index < -0.39 is 45.6 Å². The lowest BCUT2D eigenvalue weighted by atomic mass is 9.87. The van der Waals surface area contributed by atoms with E-state index in [4.69, 9.17) is 0 Å². The van der Waals surface area contributed by atoms with E-state index in [1.165, 1.54) is 0 Å². The molecule has 0 aromatic carbocycles. The number of alkyl halides is 3. The highest BCUT2D eigenvalue weighted by Gasteiger charge is 2.44. The third-order valence-electron chi connectivity index (χ3n) is 2.43. The topological polar surface area (TPSA) is 46.2 Å². The molecule has 0 saturated carbocycles. The summed E-state index contributed by atoms with van der Waals surface area (Å²) in [5, 5.41) is 0. The summed E-state index contributed by atoms with van der Waals surface area (Å²) in [5.41, 5.74) is -0.853. The minimum Gasteiger partial charge on any atom is -0.299 e. The Hall–Kier alpha value is -0.430. The van der Waals surface area contributed by atoms with Gasteiger partial charge in [-0.1, -0.05) is 20.8 Å². The summed E-state index contributed by atoms with van der Waals surface area (Å²) in [7, 11) is -1.88. The zero-order valence-electron chi connectivity index (χ0n) is 12.1. The van der Waals surface area contributed by atoms with Gasteiger partial charge in [-0.2, -0.15) is 13.2 Å². The van der Waals surface area contributed by atoms with Gasteiger partial charge in [-0.3, -0.25) is 4.79 Å². The molecule has 0 fully saturated rings. The third-order valence-corrected chi connectivity index (χ3v) is 4.04. The molecule has 0 bridgehead atoms. The van der Waals surface area contributed by atoms with Crippen molar-refractivity contribution < 1.29 is 22.2 Å². The first-order chi connectivity index (χ1) is 8.15.